The first-order valence-electron chi connectivity index (χ1n) is 8.60. The molecule has 0 unspecified atom stereocenters. The van der Waals surface area contributed by atoms with Crippen LogP contribution < -0.4 is 10.6 Å². The number of nitrogens with one attached hydrogen (secondary N) is 2. The molecule has 0 heterocycles. The average Bonchev–Trinajstić information content (AvgIpc) is 2.72. The lowest BCUT2D eigenvalue weighted by Crippen LogP contribution is -2.32. The van der Waals surface area contributed by atoms with Gasteiger partial charge in [-0.1, -0.05) is 36.4 Å². The molecule has 0 fully saturated rings. The van der Waals surface area contributed by atoms with Crippen molar-refractivity contribution < 1.29 is 27.9 Å². The number of amides is 2. The minimum Gasteiger partial charge on any atom is -0.454 e. The number of carbonyl (C=O) groups excluding carboxylic acids is 3. The number of fused-ring (bicyclic) bond motifs is 1. The van der Waals surface area contributed by atoms with Crippen LogP contribution in [0.15, 0.2) is 60.7 Å². The molecule has 0 spiro atoms. The summed E-state index contributed by atoms with van der Waals surface area (Å²) in [6.45, 7) is -1.22. The molecule has 8 heteroatoms. The molecule has 0 saturated carbocycles. The molecule has 0 saturated heterocycles. The van der Waals surface area contributed by atoms with E-state index in [1.54, 1.807) is 18.2 Å². The van der Waals surface area contributed by atoms with Crippen molar-refractivity contribution in [2.24, 2.45) is 0 Å². The fraction of sp³-hybridized carbons (Fsp3) is 0.0952. The summed E-state index contributed by atoms with van der Waals surface area (Å²) in [5.41, 5.74) is -0.262. The molecule has 29 heavy (non-hydrogen) atoms. The van der Waals surface area contributed by atoms with E-state index in [1.165, 1.54) is 0 Å². The first kappa shape index (κ1) is 19.9. The van der Waals surface area contributed by atoms with Gasteiger partial charge in [-0.05, 0) is 35.0 Å². The molecule has 3 aromatic carbocycles. The average molecular weight is 398 g/mol. The van der Waals surface area contributed by atoms with Crippen LogP contribution in [0.4, 0.5) is 14.5 Å². The molecule has 6 nitrogen and oxygen atoms in total. The third kappa shape index (κ3) is 5.13. The highest BCUT2D eigenvalue weighted by atomic mass is 19.1. The lowest BCUT2D eigenvalue weighted by atomic mass is 10.1. The molecule has 3 rings (SSSR count). The molecule has 0 aliphatic heterocycles. The smallest absolute Gasteiger partial charge is 0.325 e. The van der Waals surface area contributed by atoms with Crippen molar-refractivity contribution in [1.82, 2.24) is 5.32 Å². The second-order valence-corrected chi connectivity index (χ2v) is 6.05. The van der Waals surface area contributed by atoms with Crippen LogP contribution in [0.5, 0.6) is 0 Å². The molecular weight excluding hydrogens is 382 g/mol. The number of hydrogen-bond acceptors (Lipinski definition) is 4. The number of anilines is 1. The van der Waals surface area contributed by atoms with Gasteiger partial charge in [0.05, 0.1) is 0 Å². The Morgan fingerprint density at radius 1 is 0.862 bits per heavy atom. The van der Waals surface area contributed by atoms with Crippen LogP contribution in [0.25, 0.3) is 10.8 Å². The van der Waals surface area contributed by atoms with Gasteiger partial charge in [0, 0.05) is 5.56 Å². The molecule has 0 radical (unpaired) electrons. The summed E-state index contributed by atoms with van der Waals surface area (Å²) >= 11 is 0. The molecule has 148 valence electrons. The zero-order valence-corrected chi connectivity index (χ0v) is 15.1. The Hall–Kier alpha value is -3.81. The van der Waals surface area contributed by atoms with Crippen LogP contribution in [-0.2, 0) is 14.3 Å². The zero-order valence-electron chi connectivity index (χ0n) is 15.1. The Morgan fingerprint density at radius 2 is 1.55 bits per heavy atom. The van der Waals surface area contributed by atoms with Crippen molar-refractivity contribution in [3.63, 3.8) is 0 Å². The predicted octanol–water partition coefficient (Wildman–Crippen LogP) is 3.03. The van der Waals surface area contributed by atoms with Crippen LogP contribution in [0.1, 0.15) is 10.4 Å². The zero-order chi connectivity index (χ0) is 20.8. The highest BCUT2D eigenvalue weighted by molar-refractivity contribution is 6.00. The highest BCUT2D eigenvalue weighted by Gasteiger charge is 2.14. The summed E-state index contributed by atoms with van der Waals surface area (Å²) in [4.78, 5) is 35.6. The van der Waals surface area contributed by atoms with Gasteiger partial charge >= 0.3 is 5.97 Å². The topological polar surface area (TPSA) is 84.5 Å². The third-order valence-electron chi connectivity index (χ3n) is 4.00. The van der Waals surface area contributed by atoms with E-state index in [0.29, 0.717) is 5.56 Å². The number of hydrogen-bond donors (Lipinski definition) is 2. The van der Waals surface area contributed by atoms with Crippen molar-refractivity contribution in [2.75, 3.05) is 18.5 Å². The Kier molecular flexibility index (Phi) is 6.13. The van der Waals surface area contributed by atoms with E-state index in [4.69, 9.17) is 4.74 Å². The largest absolute Gasteiger partial charge is 0.454 e. The van der Waals surface area contributed by atoms with Crippen LogP contribution in [0.3, 0.4) is 0 Å². The second-order valence-electron chi connectivity index (χ2n) is 6.05. The quantitative estimate of drug-likeness (QED) is 0.625. The Labute approximate surface area is 164 Å². The van der Waals surface area contributed by atoms with Gasteiger partial charge in [0.1, 0.15) is 23.9 Å². The molecule has 0 aliphatic rings. The molecule has 0 aromatic heterocycles. The van der Waals surface area contributed by atoms with Gasteiger partial charge in [0.15, 0.2) is 6.61 Å². The monoisotopic (exact) mass is 398 g/mol. The predicted molar refractivity (Wildman–Crippen MR) is 102 cm³/mol. The normalized spacial score (nSPS) is 10.4. The summed E-state index contributed by atoms with van der Waals surface area (Å²) < 4.78 is 31.6. The number of halogens is 2. The number of esters is 1. The molecule has 0 aliphatic carbocycles. The number of benzene rings is 3. The number of carbonyl (C=O) groups is 3. The number of rotatable bonds is 6. The van der Waals surface area contributed by atoms with Crippen LogP contribution in [-0.4, -0.2) is 30.9 Å². The van der Waals surface area contributed by atoms with Crippen molar-refractivity contribution in [1.29, 1.82) is 0 Å². The second kappa shape index (κ2) is 8.92. The van der Waals surface area contributed by atoms with Crippen LogP contribution in [0, 0.1) is 11.6 Å². The van der Waals surface area contributed by atoms with Gasteiger partial charge in [0.2, 0.25) is 0 Å². The van der Waals surface area contributed by atoms with Gasteiger partial charge in [-0.25, -0.2) is 8.78 Å². The van der Waals surface area contributed by atoms with E-state index in [-0.39, 0.29) is 0 Å². The summed E-state index contributed by atoms with van der Waals surface area (Å²) in [6.07, 6.45) is 0. The van der Waals surface area contributed by atoms with Gasteiger partial charge in [-0.3, -0.25) is 14.4 Å². The standard InChI is InChI=1S/C21H16F2N2O4/c22-16-6-3-7-17(23)20(16)25-18(26)12-29-19(27)11-24-21(28)15-9-8-13-4-1-2-5-14(13)10-15/h1-10H,11-12H2,(H,24,28)(H,25,26). The Bertz CT molecular complexity index is 1060. The molecular formula is C21H16F2N2O4. The fourth-order valence-corrected chi connectivity index (χ4v) is 2.57. The highest BCUT2D eigenvalue weighted by Crippen LogP contribution is 2.18. The van der Waals surface area contributed by atoms with E-state index in [2.05, 4.69) is 5.32 Å². The lowest BCUT2D eigenvalue weighted by molar-refractivity contribution is -0.146. The Morgan fingerprint density at radius 3 is 2.28 bits per heavy atom. The minimum atomic E-state index is -0.952. The van der Waals surface area contributed by atoms with Crippen LogP contribution >= 0.6 is 0 Å². The molecule has 3 aromatic rings. The maximum Gasteiger partial charge on any atom is 0.325 e. The minimum absolute atomic E-state index is 0.365. The first-order valence-corrected chi connectivity index (χ1v) is 8.60. The van der Waals surface area contributed by atoms with Crippen LogP contribution in [0.2, 0.25) is 0 Å². The van der Waals surface area contributed by atoms with Gasteiger partial charge < -0.3 is 15.4 Å². The van der Waals surface area contributed by atoms with Crippen molar-refractivity contribution in [2.45, 2.75) is 0 Å². The third-order valence-corrected chi connectivity index (χ3v) is 4.00. The molecule has 0 bridgehead atoms. The summed E-state index contributed by atoms with van der Waals surface area (Å²) in [5.74, 6) is -4.17. The van der Waals surface area contributed by atoms with Crippen molar-refractivity contribution >= 4 is 34.2 Å². The molecule has 0 atom stereocenters. The summed E-state index contributed by atoms with van der Waals surface area (Å²) in [5, 5.41) is 6.23. The van der Waals surface area contributed by atoms with Gasteiger partial charge in [0.25, 0.3) is 11.8 Å². The lowest BCUT2D eigenvalue weighted by Gasteiger charge is -2.09. The van der Waals surface area contributed by atoms with E-state index in [1.807, 2.05) is 29.6 Å². The van der Waals surface area contributed by atoms with Crippen molar-refractivity contribution in [3.05, 3.63) is 77.9 Å². The van der Waals surface area contributed by atoms with Gasteiger partial charge in [-0.15, -0.1) is 0 Å². The SMILES string of the molecule is O=C(COC(=O)CNC(=O)c1ccc2ccccc2c1)Nc1c(F)cccc1F. The number of para-hydroxylation sites is 1. The molecule has 2 N–H and O–H groups in total. The number of ether oxygens (including phenoxy) is 1. The summed E-state index contributed by atoms with van der Waals surface area (Å²) in [7, 11) is 0. The fourth-order valence-electron chi connectivity index (χ4n) is 2.57. The first-order chi connectivity index (χ1) is 13.9. The van der Waals surface area contributed by atoms with E-state index in [0.717, 1.165) is 29.0 Å². The Balaban J connectivity index is 1.47. The summed E-state index contributed by atoms with van der Waals surface area (Å²) in [6, 6.07) is 15.7. The van der Waals surface area contributed by atoms with E-state index in [9.17, 15) is 23.2 Å². The van der Waals surface area contributed by atoms with Gasteiger partial charge in [-0.2, -0.15) is 0 Å². The van der Waals surface area contributed by atoms with E-state index < -0.39 is 48.3 Å². The maximum atomic E-state index is 13.5. The maximum absolute atomic E-state index is 13.5. The van der Waals surface area contributed by atoms with E-state index >= 15 is 0 Å². The molecule has 2 amide bonds. The van der Waals surface area contributed by atoms with Crippen molar-refractivity contribution in [3.8, 4) is 0 Å².